The van der Waals surface area contributed by atoms with Crippen molar-refractivity contribution in [1.82, 2.24) is 9.80 Å². The van der Waals surface area contributed by atoms with E-state index in [0.717, 1.165) is 48.5 Å². The molecule has 0 saturated carbocycles. The van der Waals surface area contributed by atoms with E-state index in [9.17, 15) is 0 Å². The number of rotatable bonds is 9. The van der Waals surface area contributed by atoms with Crippen molar-refractivity contribution >= 4 is 11.4 Å². The van der Waals surface area contributed by atoms with E-state index in [2.05, 4.69) is 100 Å². The molecule has 150 valence electrons. The van der Waals surface area contributed by atoms with Gasteiger partial charge in [-0.05, 0) is 53.2 Å². The van der Waals surface area contributed by atoms with Crippen LogP contribution in [0.1, 0.15) is 35.1 Å². The van der Waals surface area contributed by atoms with Gasteiger partial charge in [-0.3, -0.25) is 0 Å². The lowest BCUT2D eigenvalue weighted by molar-refractivity contribution is 0.421. The summed E-state index contributed by atoms with van der Waals surface area (Å²) in [6, 6.07) is 17.1. The second kappa shape index (κ2) is 10.9. The zero-order valence-corrected chi connectivity index (χ0v) is 18.2. The second-order valence-corrected chi connectivity index (χ2v) is 7.93. The average molecular weight is 379 g/mol. The van der Waals surface area contributed by atoms with Gasteiger partial charge in [0.05, 0.1) is 11.4 Å². The minimum absolute atomic E-state index is 0.869. The Bertz CT molecular complexity index is 715. The summed E-state index contributed by atoms with van der Waals surface area (Å²) < 4.78 is 0. The lowest BCUT2D eigenvalue weighted by Gasteiger charge is -2.13. The summed E-state index contributed by atoms with van der Waals surface area (Å²) >= 11 is 0. The van der Waals surface area contributed by atoms with E-state index in [-0.39, 0.29) is 0 Å². The summed E-state index contributed by atoms with van der Waals surface area (Å²) in [6.45, 7) is 6.10. The fourth-order valence-corrected chi connectivity index (χ4v) is 2.78. The van der Waals surface area contributed by atoms with Crippen LogP contribution in [0, 0.1) is 13.8 Å². The highest BCUT2D eigenvalue weighted by molar-refractivity contribution is 6.03. The fraction of sp³-hybridized carbons (Fsp3) is 0.417. The molecular formula is C24H34N4. The molecule has 4 nitrogen and oxygen atoms in total. The largest absolute Gasteiger partial charge is 0.309 e. The van der Waals surface area contributed by atoms with E-state index in [1.54, 1.807) is 0 Å². The molecule has 28 heavy (non-hydrogen) atoms. The summed E-state index contributed by atoms with van der Waals surface area (Å²) in [5, 5.41) is 9.46. The summed E-state index contributed by atoms with van der Waals surface area (Å²) in [5.74, 6) is 0. The molecule has 0 aliphatic carbocycles. The zero-order valence-electron chi connectivity index (χ0n) is 18.2. The third kappa shape index (κ3) is 7.37. The molecule has 4 heteroatoms. The van der Waals surface area contributed by atoms with Gasteiger partial charge in [-0.25, -0.2) is 0 Å². The number of nitrogens with zero attached hydrogens (tertiary/aromatic N) is 4. The highest BCUT2D eigenvalue weighted by atomic mass is 15.2. The molecule has 0 spiro atoms. The van der Waals surface area contributed by atoms with Crippen LogP contribution in [0.25, 0.3) is 0 Å². The second-order valence-electron chi connectivity index (χ2n) is 7.93. The highest BCUT2D eigenvalue weighted by Crippen LogP contribution is 2.11. The van der Waals surface area contributed by atoms with Crippen molar-refractivity contribution in [3.8, 4) is 0 Å². The lowest BCUT2D eigenvalue weighted by Crippen LogP contribution is -2.18. The van der Waals surface area contributed by atoms with Crippen LogP contribution in [0.4, 0.5) is 0 Å². The first kappa shape index (κ1) is 22.0. The third-order valence-corrected chi connectivity index (χ3v) is 4.65. The van der Waals surface area contributed by atoms with Crippen molar-refractivity contribution in [3.63, 3.8) is 0 Å². The molecule has 2 aromatic carbocycles. The van der Waals surface area contributed by atoms with Gasteiger partial charge in [0.1, 0.15) is 0 Å². The lowest BCUT2D eigenvalue weighted by atomic mass is 10.1. The molecule has 0 aromatic heterocycles. The maximum atomic E-state index is 4.73. The van der Waals surface area contributed by atoms with Crippen molar-refractivity contribution in [3.05, 3.63) is 70.8 Å². The van der Waals surface area contributed by atoms with Gasteiger partial charge < -0.3 is 9.80 Å². The van der Waals surface area contributed by atoms with Crippen molar-refractivity contribution in [1.29, 1.82) is 0 Å². The molecule has 2 rings (SSSR count). The molecular weight excluding hydrogens is 344 g/mol. The normalized spacial score (nSPS) is 12.9. The molecule has 0 heterocycles. The van der Waals surface area contributed by atoms with E-state index >= 15 is 0 Å². The molecule has 0 atom stereocenters. The first-order valence-corrected chi connectivity index (χ1v) is 9.92. The summed E-state index contributed by atoms with van der Waals surface area (Å²) in [6.07, 6.45) is 1.74. The SMILES string of the molecule is Cc1ccc(/C(CCN(C)C)=N\N=C(/CCN(C)C)c2ccc(C)cc2)cc1. The molecule has 0 fully saturated rings. The number of benzene rings is 2. The Labute approximate surface area is 170 Å². The van der Waals surface area contributed by atoms with Crippen molar-refractivity contribution in [2.24, 2.45) is 10.2 Å². The summed E-state index contributed by atoms with van der Waals surface area (Å²) in [5.41, 5.74) is 6.86. The first-order chi connectivity index (χ1) is 13.3. The Balaban J connectivity index is 2.37. The van der Waals surface area contributed by atoms with Gasteiger partial charge in [-0.2, -0.15) is 10.2 Å². The van der Waals surface area contributed by atoms with Crippen molar-refractivity contribution in [2.45, 2.75) is 26.7 Å². The Kier molecular flexibility index (Phi) is 8.55. The quantitative estimate of drug-likeness (QED) is 0.478. The Morgan fingerprint density at radius 2 is 0.929 bits per heavy atom. The topological polar surface area (TPSA) is 31.2 Å². The molecule has 0 radical (unpaired) electrons. The van der Waals surface area contributed by atoms with E-state index in [0.29, 0.717) is 0 Å². The molecule has 0 amide bonds. The average Bonchev–Trinajstić information content (AvgIpc) is 2.65. The first-order valence-electron chi connectivity index (χ1n) is 9.92. The van der Waals surface area contributed by atoms with Crippen LogP contribution in [-0.4, -0.2) is 62.5 Å². The van der Waals surface area contributed by atoms with E-state index in [4.69, 9.17) is 10.2 Å². The van der Waals surface area contributed by atoms with Gasteiger partial charge in [-0.1, -0.05) is 59.7 Å². The minimum Gasteiger partial charge on any atom is -0.309 e. The van der Waals surface area contributed by atoms with Crippen LogP contribution in [0.3, 0.4) is 0 Å². The highest BCUT2D eigenvalue weighted by Gasteiger charge is 2.08. The predicted octanol–water partition coefficient (Wildman–Crippen LogP) is 4.40. The van der Waals surface area contributed by atoms with Gasteiger partial charge in [0.2, 0.25) is 0 Å². The van der Waals surface area contributed by atoms with Gasteiger partial charge in [-0.15, -0.1) is 0 Å². The molecule has 0 unspecified atom stereocenters. The van der Waals surface area contributed by atoms with E-state index in [1.807, 2.05) is 0 Å². The Hall–Kier alpha value is -2.30. The summed E-state index contributed by atoms with van der Waals surface area (Å²) in [7, 11) is 8.35. The molecule has 0 bridgehead atoms. The molecule has 0 saturated heterocycles. The van der Waals surface area contributed by atoms with Crippen LogP contribution in [-0.2, 0) is 0 Å². The smallest absolute Gasteiger partial charge is 0.0715 e. The van der Waals surface area contributed by atoms with Crippen molar-refractivity contribution in [2.75, 3.05) is 41.3 Å². The van der Waals surface area contributed by atoms with Crippen LogP contribution in [0.5, 0.6) is 0 Å². The molecule has 0 aliphatic heterocycles. The minimum atomic E-state index is 0.869. The Morgan fingerprint density at radius 3 is 1.21 bits per heavy atom. The van der Waals surface area contributed by atoms with Crippen molar-refractivity contribution < 1.29 is 0 Å². The number of hydrogen-bond acceptors (Lipinski definition) is 4. The number of hydrogen-bond donors (Lipinski definition) is 0. The molecule has 0 N–H and O–H groups in total. The van der Waals surface area contributed by atoms with E-state index < -0.39 is 0 Å². The van der Waals surface area contributed by atoms with Gasteiger partial charge >= 0.3 is 0 Å². The molecule has 2 aromatic rings. The standard InChI is InChI=1S/C24H34N4/c1-19-7-11-21(12-8-19)23(15-17-27(3)4)25-26-24(16-18-28(5)6)22-13-9-20(2)10-14-22/h7-14H,15-18H2,1-6H3/b25-23-,26-24+. The van der Waals surface area contributed by atoms with Crippen LogP contribution < -0.4 is 0 Å². The predicted molar refractivity (Wildman–Crippen MR) is 122 cm³/mol. The van der Waals surface area contributed by atoms with E-state index in [1.165, 1.54) is 11.1 Å². The monoisotopic (exact) mass is 378 g/mol. The van der Waals surface area contributed by atoms with Crippen LogP contribution in [0.2, 0.25) is 0 Å². The zero-order chi connectivity index (χ0) is 20.5. The summed E-state index contributed by atoms with van der Waals surface area (Å²) in [4.78, 5) is 4.36. The van der Waals surface area contributed by atoms with Gasteiger partial charge in [0, 0.05) is 25.9 Å². The molecule has 0 aliphatic rings. The maximum Gasteiger partial charge on any atom is 0.0715 e. The van der Waals surface area contributed by atoms with Gasteiger partial charge in [0.25, 0.3) is 0 Å². The number of aryl methyl sites for hydroxylation is 2. The fourth-order valence-electron chi connectivity index (χ4n) is 2.78. The Morgan fingerprint density at radius 1 is 0.607 bits per heavy atom. The third-order valence-electron chi connectivity index (χ3n) is 4.65. The van der Waals surface area contributed by atoms with Crippen LogP contribution >= 0.6 is 0 Å². The van der Waals surface area contributed by atoms with Gasteiger partial charge in [0.15, 0.2) is 0 Å². The maximum absolute atomic E-state index is 4.73. The van der Waals surface area contributed by atoms with Crippen LogP contribution in [0.15, 0.2) is 58.7 Å².